The van der Waals surface area contributed by atoms with Crippen LogP contribution in [0.1, 0.15) is 0 Å². The van der Waals surface area contributed by atoms with Crippen LogP contribution in [0.2, 0.25) is 0 Å². The summed E-state index contributed by atoms with van der Waals surface area (Å²) in [5, 5.41) is 11.7. The van der Waals surface area contributed by atoms with Gasteiger partial charge in [-0.15, -0.1) is 10.2 Å². The molecule has 3 aromatic rings. The Morgan fingerprint density at radius 3 is 2.58 bits per heavy atom. The molecule has 2 aromatic heterocycles. The maximum atomic E-state index is 13.6. The van der Waals surface area contributed by atoms with Crippen molar-refractivity contribution in [1.82, 2.24) is 25.2 Å². The number of benzene rings is 1. The number of tetrazole rings is 1. The first-order valence-corrected chi connectivity index (χ1v) is 5.69. The lowest BCUT2D eigenvalue weighted by Gasteiger charge is -2.02. The normalized spacial score (nSPS) is 10.6. The largest absolute Gasteiger partial charge is 0.252 e. The van der Waals surface area contributed by atoms with E-state index in [0.717, 1.165) is 0 Å². The molecule has 0 radical (unpaired) electrons. The fourth-order valence-corrected chi connectivity index (χ4v) is 1.77. The van der Waals surface area contributed by atoms with Gasteiger partial charge in [0, 0.05) is 17.3 Å². The second kappa shape index (κ2) is 4.56. The van der Waals surface area contributed by atoms with Gasteiger partial charge in [0.25, 0.3) is 0 Å². The van der Waals surface area contributed by atoms with Gasteiger partial charge < -0.3 is 0 Å². The topological polar surface area (TPSA) is 56.5 Å². The van der Waals surface area contributed by atoms with Crippen molar-refractivity contribution >= 4 is 0 Å². The fraction of sp³-hybridized carbons (Fsp3) is 0.0769. The molecule has 1 aromatic carbocycles. The van der Waals surface area contributed by atoms with E-state index >= 15 is 0 Å². The number of halogens is 1. The summed E-state index contributed by atoms with van der Waals surface area (Å²) in [5.41, 5.74) is 1.84. The Morgan fingerprint density at radius 2 is 1.95 bits per heavy atom. The average Bonchev–Trinajstić information content (AvgIpc) is 2.86. The van der Waals surface area contributed by atoms with E-state index in [9.17, 15) is 4.39 Å². The SMILES string of the molecule is Cn1nnc(-c2ccc(-c3ccccc3F)cn2)n1. The van der Waals surface area contributed by atoms with Crippen LogP contribution >= 0.6 is 0 Å². The van der Waals surface area contributed by atoms with Crippen LogP contribution in [0.4, 0.5) is 4.39 Å². The highest BCUT2D eigenvalue weighted by molar-refractivity contribution is 5.65. The standard InChI is InChI=1S/C13H10FN5/c1-19-17-13(16-18-19)12-7-6-9(8-15-12)10-4-2-3-5-11(10)14/h2-8H,1H3. The highest BCUT2D eigenvalue weighted by Crippen LogP contribution is 2.23. The minimum Gasteiger partial charge on any atom is -0.252 e. The summed E-state index contributed by atoms with van der Waals surface area (Å²) in [7, 11) is 1.68. The number of pyridine rings is 1. The second-order valence-electron chi connectivity index (χ2n) is 4.01. The molecule has 0 bridgehead atoms. The lowest BCUT2D eigenvalue weighted by atomic mass is 10.1. The quantitative estimate of drug-likeness (QED) is 0.703. The minimum atomic E-state index is -0.269. The zero-order valence-corrected chi connectivity index (χ0v) is 10.2. The third kappa shape index (κ3) is 2.20. The van der Waals surface area contributed by atoms with E-state index in [2.05, 4.69) is 20.4 Å². The summed E-state index contributed by atoms with van der Waals surface area (Å²) < 4.78 is 13.6. The molecule has 0 unspecified atom stereocenters. The van der Waals surface area contributed by atoms with E-state index in [1.165, 1.54) is 10.9 Å². The number of aromatic nitrogens is 5. The molecule has 3 rings (SSSR count). The van der Waals surface area contributed by atoms with E-state index in [4.69, 9.17) is 0 Å². The average molecular weight is 255 g/mol. The molecule has 0 saturated heterocycles. The van der Waals surface area contributed by atoms with Gasteiger partial charge in [-0.05, 0) is 17.3 Å². The third-order valence-corrected chi connectivity index (χ3v) is 2.69. The Hall–Kier alpha value is -2.63. The zero-order chi connectivity index (χ0) is 13.2. The molecular weight excluding hydrogens is 245 g/mol. The van der Waals surface area contributed by atoms with Gasteiger partial charge in [0.05, 0.1) is 7.05 Å². The number of hydrogen-bond donors (Lipinski definition) is 0. The summed E-state index contributed by atoms with van der Waals surface area (Å²) in [4.78, 5) is 5.60. The van der Waals surface area contributed by atoms with Crippen molar-refractivity contribution in [2.45, 2.75) is 0 Å². The van der Waals surface area contributed by atoms with E-state index in [0.29, 0.717) is 22.6 Å². The molecule has 0 spiro atoms. The van der Waals surface area contributed by atoms with Gasteiger partial charge in [0.2, 0.25) is 5.82 Å². The predicted molar refractivity (Wildman–Crippen MR) is 67.4 cm³/mol. The van der Waals surface area contributed by atoms with Crippen LogP contribution in [0.5, 0.6) is 0 Å². The van der Waals surface area contributed by atoms with Crippen LogP contribution in [0.25, 0.3) is 22.6 Å². The Kier molecular flexibility index (Phi) is 2.75. The summed E-state index contributed by atoms with van der Waals surface area (Å²) in [6.45, 7) is 0. The minimum absolute atomic E-state index is 0.269. The molecule has 0 aliphatic carbocycles. The summed E-state index contributed by atoms with van der Waals surface area (Å²) in [6.07, 6.45) is 1.60. The van der Waals surface area contributed by atoms with Gasteiger partial charge in [0.15, 0.2) is 0 Å². The lowest BCUT2D eigenvalue weighted by molar-refractivity contribution is 0.630. The lowest BCUT2D eigenvalue weighted by Crippen LogP contribution is -1.92. The van der Waals surface area contributed by atoms with Crippen molar-refractivity contribution in [3.63, 3.8) is 0 Å². The molecule has 0 aliphatic heterocycles. The number of rotatable bonds is 2. The molecule has 6 heteroatoms. The maximum Gasteiger partial charge on any atom is 0.223 e. The van der Waals surface area contributed by atoms with Gasteiger partial charge in [-0.25, -0.2) is 4.39 Å². The van der Waals surface area contributed by atoms with E-state index < -0.39 is 0 Å². The Balaban J connectivity index is 1.97. The van der Waals surface area contributed by atoms with Gasteiger partial charge in [0.1, 0.15) is 11.5 Å². The number of hydrogen-bond acceptors (Lipinski definition) is 4. The molecule has 5 nitrogen and oxygen atoms in total. The van der Waals surface area contributed by atoms with E-state index in [-0.39, 0.29) is 5.82 Å². The smallest absolute Gasteiger partial charge is 0.223 e. The van der Waals surface area contributed by atoms with Crippen LogP contribution in [0.15, 0.2) is 42.6 Å². The molecule has 19 heavy (non-hydrogen) atoms. The van der Waals surface area contributed by atoms with Gasteiger partial charge in [-0.3, -0.25) is 4.98 Å². The highest BCUT2D eigenvalue weighted by atomic mass is 19.1. The fourth-order valence-electron chi connectivity index (χ4n) is 1.77. The summed E-state index contributed by atoms with van der Waals surface area (Å²) in [6, 6.07) is 10.1. The Morgan fingerprint density at radius 1 is 1.11 bits per heavy atom. The molecular formula is C13H10FN5. The first kappa shape index (κ1) is 11.5. The van der Waals surface area contributed by atoms with Crippen molar-refractivity contribution in [3.05, 3.63) is 48.4 Å². The summed E-state index contributed by atoms with van der Waals surface area (Å²) in [5.74, 6) is 0.178. The predicted octanol–water partition coefficient (Wildman–Crippen LogP) is 2.08. The molecule has 0 fully saturated rings. The van der Waals surface area contributed by atoms with Crippen molar-refractivity contribution in [3.8, 4) is 22.6 Å². The van der Waals surface area contributed by atoms with Crippen molar-refractivity contribution in [1.29, 1.82) is 0 Å². The molecule has 0 atom stereocenters. The first-order valence-electron chi connectivity index (χ1n) is 5.69. The van der Waals surface area contributed by atoms with Gasteiger partial charge >= 0.3 is 0 Å². The number of nitrogens with zero attached hydrogens (tertiary/aromatic N) is 5. The van der Waals surface area contributed by atoms with E-state index in [1.54, 1.807) is 43.6 Å². The highest BCUT2D eigenvalue weighted by Gasteiger charge is 2.08. The molecule has 0 aliphatic rings. The monoisotopic (exact) mass is 255 g/mol. The van der Waals surface area contributed by atoms with Crippen LogP contribution in [-0.4, -0.2) is 25.2 Å². The zero-order valence-electron chi connectivity index (χ0n) is 10.2. The van der Waals surface area contributed by atoms with Crippen molar-refractivity contribution in [2.24, 2.45) is 7.05 Å². The molecule has 0 saturated carbocycles. The maximum absolute atomic E-state index is 13.6. The van der Waals surface area contributed by atoms with Gasteiger partial charge in [-0.1, -0.05) is 24.3 Å². The van der Waals surface area contributed by atoms with Crippen molar-refractivity contribution in [2.75, 3.05) is 0 Å². The molecule has 94 valence electrons. The van der Waals surface area contributed by atoms with Gasteiger partial charge in [-0.2, -0.15) is 4.80 Å². The van der Waals surface area contributed by atoms with Crippen LogP contribution in [-0.2, 0) is 7.05 Å². The second-order valence-corrected chi connectivity index (χ2v) is 4.01. The molecule has 0 N–H and O–H groups in total. The first-order chi connectivity index (χ1) is 9.24. The Bertz CT molecular complexity index is 705. The number of aryl methyl sites for hydroxylation is 1. The molecule has 0 amide bonds. The van der Waals surface area contributed by atoms with Crippen molar-refractivity contribution < 1.29 is 4.39 Å². The third-order valence-electron chi connectivity index (χ3n) is 2.69. The van der Waals surface area contributed by atoms with Crippen LogP contribution in [0, 0.1) is 5.82 Å². The molecule has 2 heterocycles. The summed E-state index contributed by atoms with van der Waals surface area (Å²) >= 11 is 0. The van der Waals surface area contributed by atoms with E-state index in [1.807, 2.05) is 0 Å². The van der Waals surface area contributed by atoms with Crippen LogP contribution in [0.3, 0.4) is 0 Å². The van der Waals surface area contributed by atoms with Crippen LogP contribution < -0.4 is 0 Å². The Labute approximate surface area is 108 Å².